The summed E-state index contributed by atoms with van der Waals surface area (Å²) in [6.07, 6.45) is 10.3. The SMILES string of the molecule is CC(C)(C)c1ccc2ccc3c(N(c4cnccn4)c4cnccn4)ccc4ccc1c2c43. The van der Waals surface area contributed by atoms with Crippen LogP contribution in [0.5, 0.6) is 0 Å². The molecular weight excluding hydrogens is 406 g/mol. The Bertz CT molecular complexity index is 1550. The van der Waals surface area contributed by atoms with Gasteiger partial charge in [0.15, 0.2) is 11.6 Å². The second-order valence-corrected chi connectivity index (χ2v) is 9.33. The molecule has 0 amide bonds. The van der Waals surface area contributed by atoms with Crippen molar-refractivity contribution in [3.8, 4) is 0 Å². The van der Waals surface area contributed by atoms with E-state index >= 15 is 0 Å². The molecule has 160 valence electrons. The Hall–Kier alpha value is -4.12. The predicted molar refractivity (Wildman–Crippen MR) is 135 cm³/mol. The van der Waals surface area contributed by atoms with Gasteiger partial charge in [0, 0.05) is 30.2 Å². The molecule has 0 saturated heterocycles. The molecule has 0 bridgehead atoms. The molecule has 6 rings (SSSR count). The van der Waals surface area contributed by atoms with Crippen molar-refractivity contribution in [3.05, 3.63) is 91.3 Å². The van der Waals surface area contributed by atoms with E-state index in [1.165, 1.54) is 32.5 Å². The fraction of sp³-hybridized carbons (Fsp3) is 0.143. The predicted octanol–water partition coefficient (Wildman–Crippen LogP) is 6.93. The minimum atomic E-state index is 0.0520. The third-order valence-electron chi connectivity index (χ3n) is 6.25. The van der Waals surface area contributed by atoms with Gasteiger partial charge in [0.05, 0.1) is 18.1 Å². The molecule has 4 aromatic carbocycles. The van der Waals surface area contributed by atoms with Crippen molar-refractivity contribution in [3.63, 3.8) is 0 Å². The van der Waals surface area contributed by atoms with E-state index in [9.17, 15) is 0 Å². The average molecular weight is 430 g/mol. The van der Waals surface area contributed by atoms with Crippen molar-refractivity contribution in [2.75, 3.05) is 4.90 Å². The molecule has 0 fully saturated rings. The number of aromatic nitrogens is 4. The summed E-state index contributed by atoms with van der Waals surface area (Å²) >= 11 is 0. The van der Waals surface area contributed by atoms with Gasteiger partial charge in [-0.15, -0.1) is 0 Å². The third kappa shape index (κ3) is 3.08. The summed E-state index contributed by atoms with van der Waals surface area (Å²) in [5.74, 6) is 1.40. The fourth-order valence-corrected chi connectivity index (χ4v) is 4.81. The highest BCUT2D eigenvalue weighted by atomic mass is 15.2. The topological polar surface area (TPSA) is 54.8 Å². The highest BCUT2D eigenvalue weighted by molar-refractivity contribution is 6.26. The zero-order valence-electron chi connectivity index (χ0n) is 18.8. The van der Waals surface area contributed by atoms with Crippen molar-refractivity contribution in [1.29, 1.82) is 0 Å². The van der Waals surface area contributed by atoms with E-state index in [4.69, 9.17) is 0 Å². The fourth-order valence-electron chi connectivity index (χ4n) is 4.81. The largest absolute Gasteiger partial charge is 0.276 e. The standard InChI is InChI=1S/C28H23N5/c1-28(2,3)22-10-6-18-5-9-21-23(11-7-19-4-8-20(22)26(18)27(19)21)33(24-16-29-12-14-31-24)25-17-30-13-15-32-25/h4-17H,1-3H3. The van der Waals surface area contributed by atoms with Crippen molar-refractivity contribution in [2.24, 2.45) is 0 Å². The molecule has 0 aliphatic rings. The molecule has 5 heteroatoms. The van der Waals surface area contributed by atoms with Crippen LogP contribution in [0.15, 0.2) is 85.7 Å². The third-order valence-corrected chi connectivity index (χ3v) is 6.25. The number of rotatable bonds is 3. The Kier molecular flexibility index (Phi) is 4.27. The van der Waals surface area contributed by atoms with Crippen LogP contribution >= 0.6 is 0 Å². The van der Waals surface area contributed by atoms with Gasteiger partial charge in [-0.2, -0.15) is 0 Å². The normalized spacial score (nSPS) is 12.1. The van der Waals surface area contributed by atoms with Gasteiger partial charge in [0.25, 0.3) is 0 Å². The molecule has 0 spiro atoms. The van der Waals surface area contributed by atoms with Gasteiger partial charge in [0.2, 0.25) is 0 Å². The van der Waals surface area contributed by atoms with E-state index in [1.807, 2.05) is 4.90 Å². The summed E-state index contributed by atoms with van der Waals surface area (Å²) in [6, 6.07) is 17.8. The molecule has 2 heterocycles. The maximum atomic E-state index is 4.58. The lowest BCUT2D eigenvalue weighted by Crippen LogP contribution is -2.14. The van der Waals surface area contributed by atoms with Crippen molar-refractivity contribution < 1.29 is 0 Å². The van der Waals surface area contributed by atoms with E-state index in [0.717, 1.165) is 11.1 Å². The van der Waals surface area contributed by atoms with Gasteiger partial charge in [-0.1, -0.05) is 63.2 Å². The number of anilines is 3. The number of benzene rings is 4. The molecule has 33 heavy (non-hydrogen) atoms. The van der Waals surface area contributed by atoms with E-state index in [2.05, 4.69) is 89.2 Å². The van der Waals surface area contributed by atoms with Crippen LogP contribution in [0.2, 0.25) is 0 Å². The molecule has 0 atom stereocenters. The summed E-state index contributed by atoms with van der Waals surface area (Å²) in [5.41, 5.74) is 2.41. The molecule has 6 aromatic rings. The maximum Gasteiger partial charge on any atom is 0.157 e. The zero-order chi connectivity index (χ0) is 22.6. The Labute approximate surface area is 192 Å². The Balaban J connectivity index is 1.72. The van der Waals surface area contributed by atoms with Crippen LogP contribution in [0.1, 0.15) is 26.3 Å². The maximum absolute atomic E-state index is 4.58. The molecule has 2 aromatic heterocycles. The number of hydrogen-bond donors (Lipinski definition) is 0. The first-order chi connectivity index (χ1) is 16.0. The lowest BCUT2D eigenvalue weighted by molar-refractivity contribution is 0.596. The van der Waals surface area contributed by atoms with Gasteiger partial charge in [-0.25, -0.2) is 9.97 Å². The Morgan fingerprint density at radius 1 is 0.606 bits per heavy atom. The summed E-state index contributed by atoms with van der Waals surface area (Å²) in [7, 11) is 0. The van der Waals surface area contributed by atoms with Crippen LogP contribution in [0, 0.1) is 0 Å². The molecule has 0 aliphatic heterocycles. The van der Waals surface area contributed by atoms with Crippen molar-refractivity contribution in [1.82, 2.24) is 19.9 Å². The number of nitrogens with zero attached hydrogens (tertiary/aromatic N) is 5. The molecular formula is C28H23N5. The monoisotopic (exact) mass is 429 g/mol. The van der Waals surface area contributed by atoms with Gasteiger partial charge in [0.1, 0.15) is 0 Å². The van der Waals surface area contributed by atoms with Gasteiger partial charge >= 0.3 is 0 Å². The van der Waals surface area contributed by atoms with Crippen LogP contribution < -0.4 is 4.90 Å². The minimum Gasteiger partial charge on any atom is -0.276 e. The van der Waals surface area contributed by atoms with Crippen LogP contribution in [-0.2, 0) is 5.41 Å². The van der Waals surface area contributed by atoms with Gasteiger partial charge in [-0.3, -0.25) is 14.9 Å². The lowest BCUT2D eigenvalue weighted by atomic mass is 9.81. The highest BCUT2D eigenvalue weighted by Gasteiger charge is 2.22. The van der Waals surface area contributed by atoms with E-state index in [-0.39, 0.29) is 5.41 Å². The van der Waals surface area contributed by atoms with Crippen LogP contribution in [0.4, 0.5) is 17.3 Å². The smallest absolute Gasteiger partial charge is 0.157 e. The molecule has 5 nitrogen and oxygen atoms in total. The highest BCUT2D eigenvalue weighted by Crippen LogP contribution is 2.44. The van der Waals surface area contributed by atoms with E-state index in [0.29, 0.717) is 11.6 Å². The number of hydrogen-bond acceptors (Lipinski definition) is 5. The van der Waals surface area contributed by atoms with Crippen LogP contribution in [-0.4, -0.2) is 19.9 Å². The van der Waals surface area contributed by atoms with E-state index < -0.39 is 0 Å². The lowest BCUT2D eigenvalue weighted by Gasteiger charge is -2.26. The second kappa shape index (κ2) is 7.20. The first kappa shape index (κ1) is 19.6. The molecule has 0 N–H and O–H groups in total. The first-order valence-electron chi connectivity index (χ1n) is 11.1. The quantitative estimate of drug-likeness (QED) is 0.285. The van der Waals surface area contributed by atoms with Gasteiger partial charge in [-0.05, 0) is 44.0 Å². The summed E-state index contributed by atoms with van der Waals surface area (Å²) in [4.78, 5) is 19.8. The molecule has 0 saturated carbocycles. The first-order valence-corrected chi connectivity index (χ1v) is 11.1. The van der Waals surface area contributed by atoms with Crippen LogP contribution in [0.25, 0.3) is 32.3 Å². The molecule has 0 unspecified atom stereocenters. The van der Waals surface area contributed by atoms with E-state index in [1.54, 1.807) is 37.2 Å². The second-order valence-electron chi connectivity index (χ2n) is 9.33. The molecule has 0 radical (unpaired) electrons. The molecule has 0 aliphatic carbocycles. The van der Waals surface area contributed by atoms with Gasteiger partial charge < -0.3 is 0 Å². The van der Waals surface area contributed by atoms with Crippen molar-refractivity contribution in [2.45, 2.75) is 26.2 Å². The summed E-state index contributed by atoms with van der Waals surface area (Å²) < 4.78 is 0. The average Bonchev–Trinajstić information content (AvgIpc) is 2.84. The Morgan fingerprint density at radius 3 is 1.73 bits per heavy atom. The van der Waals surface area contributed by atoms with Crippen LogP contribution in [0.3, 0.4) is 0 Å². The minimum absolute atomic E-state index is 0.0520. The summed E-state index contributed by atoms with van der Waals surface area (Å²) in [5, 5.41) is 7.48. The van der Waals surface area contributed by atoms with Crippen molar-refractivity contribution >= 4 is 49.6 Å². The zero-order valence-corrected chi connectivity index (χ0v) is 18.8. The summed E-state index contributed by atoms with van der Waals surface area (Å²) in [6.45, 7) is 6.82. The Morgan fingerprint density at radius 2 is 1.15 bits per heavy atom.